The van der Waals surface area contributed by atoms with Crippen molar-refractivity contribution in [3.05, 3.63) is 41.3 Å². The lowest BCUT2D eigenvalue weighted by Crippen LogP contribution is -2.25. The number of ether oxygens (including phenoxy) is 1. The van der Waals surface area contributed by atoms with Gasteiger partial charge in [0.1, 0.15) is 0 Å². The minimum atomic E-state index is -0.584. The Morgan fingerprint density at radius 2 is 1.95 bits per heavy atom. The van der Waals surface area contributed by atoms with Crippen LogP contribution in [0.4, 0.5) is 0 Å². The lowest BCUT2D eigenvalue weighted by molar-refractivity contribution is -0.151. The maximum atomic E-state index is 12.1. The summed E-state index contributed by atoms with van der Waals surface area (Å²) in [5.41, 5.74) is -0.584. The van der Waals surface area contributed by atoms with Crippen molar-refractivity contribution in [1.82, 2.24) is 0 Å². The zero-order valence-electron chi connectivity index (χ0n) is 12.8. The van der Waals surface area contributed by atoms with Gasteiger partial charge in [0.2, 0.25) is 0 Å². The summed E-state index contributed by atoms with van der Waals surface area (Å²) in [5.74, 6) is -0.154. The highest BCUT2D eigenvalue weighted by Gasteiger charge is 2.27. The van der Waals surface area contributed by atoms with E-state index in [1.165, 1.54) is 4.90 Å². The number of benzene rings is 1. The molecule has 1 rings (SSSR count). The van der Waals surface area contributed by atoms with Crippen LogP contribution in [0.1, 0.15) is 40.5 Å². The Morgan fingerprint density at radius 3 is 2.55 bits per heavy atom. The topological polar surface area (TPSA) is 26.3 Å². The molecule has 0 fully saturated rings. The summed E-state index contributed by atoms with van der Waals surface area (Å²) in [6.45, 7) is 8.42. The lowest BCUT2D eigenvalue weighted by Gasteiger charge is -2.19. The molecule has 0 saturated carbocycles. The van der Waals surface area contributed by atoms with Crippen LogP contribution in [0, 0.1) is 5.41 Å². The molecule has 0 saturated heterocycles. The van der Waals surface area contributed by atoms with E-state index in [-0.39, 0.29) is 5.97 Å². The highest BCUT2D eigenvalue weighted by molar-refractivity contribution is 8.03. The van der Waals surface area contributed by atoms with Crippen LogP contribution >= 0.6 is 11.8 Å². The number of carbonyl (C=O) groups is 1. The van der Waals surface area contributed by atoms with Crippen molar-refractivity contribution in [3.63, 3.8) is 0 Å². The molecule has 0 heterocycles. The third kappa shape index (κ3) is 5.83. The number of hydrogen-bond acceptors (Lipinski definition) is 3. The van der Waals surface area contributed by atoms with Gasteiger partial charge in [-0.1, -0.05) is 49.4 Å². The molecule has 0 bridgehead atoms. The lowest BCUT2D eigenvalue weighted by atomic mass is 9.93. The van der Waals surface area contributed by atoms with Crippen LogP contribution in [0.25, 0.3) is 0 Å². The molecule has 0 atom stereocenters. The molecule has 0 unspecified atom stereocenters. The average molecular weight is 292 g/mol. The Balaban J connectivity index is 2.62. The van der Waals surface area contributed by atoms with Gasteiger partial charge in [0.25, 0.3) is 0 Å². The van der Waals surface area contributed by atoms with Crippen LogP contribution in [0.5, 0.6) is 0 Å². The van der Waals surface area contributed by atoms with E-state index in [4.69, 9.17) is 4.74 Å². The fraction of sp³-hybridized carbons (Fsp3) is 0.471. The molecule has 0 aromatic heterocycles. The van der Waals surface area contributed by atoms with E-state index in [1.54, 1.807) is 11.8 Å². The Morgan fingerprint density at radius 1 is 1.30 bits per heavy atom. The van der Waals surface area contributed by atoms with Crippen LogP contribution in [0.3, 0.4) is 0 Å². The van der Waals surface area contributed by atoms with E-state index in [0.29, 0.717) is 6.61 Å². The number of allylic oxidation sites excluding steroid dienone is 1. The van der Waals surface area contributed by atoms with Gasteiger partial charge in [-0.05, 0) is 44.2 Å². The van der Waals surface area contributed by atoms with Gasteiger partial charge >= 0.3 is 5.97 Å². The molecule has 3 heteroatoms. The van der Waals surface area contributed by atoms with Gasteiger partial charge in [-0.15, -0.1) is 0 Å². The number of rotatable bonds is 7. The first-order valence-corrected chi connectivity index (χ1v) is 7.87. The zero-order valence-corrected chi connectivity index (χ0v) is 13.6. The van der Waals surface area contributed by atoms with Gasteiger partial charge in [-0.3, -0.25) is 4.79 Å². The van der Waals surface area contributed by atoms with Crippen molar-refractivity contribution < 1.29 is 9.53 Å². The summed E-state index contributed by atoms with van der Waals surface area (Å²) in [4.78, 5) is 14.3. The predicted molar refractivity (Wildman–Crippen MR) is 85.7 cm³/mol. The minimum Gasteiger partial charge on any atom is -0.465 e. The third-order valence-corrected chi connectivity index (χ3v) is 3.79. The SMILES string of the molecule is CCCCOC(=O)C(C)(C)/C=C(\C)Sc1ccccc1. The molecule has 20 heavy (non-hydrogen) atoms. The van der Waals surface area contributed by atoms with Crippen LogP contribution < -0.4 is 0 Å². The molecule has 1 aromatic rings. The normalized spacial score (nSPS) is 12.3. The van der Waals surface area contributed by atoms with E-state index in [9.17, 15) is 4.79 Å². The van der Waals surface area contributed by atoms with Crippen molar-refractivity contribution in [2.75, 3.05) is 6.61 Å². The van der Waals surface area contributed by atoms with Gasteiger partial charge < -0.3 is 4.74 Å². The van der Waals surface area contributed by atoms with E-state index >= 15 is 0 Å². The molecule has 0 spiro atoms. The fourth-order valence-corrected chi connectivity index (χ4v) is 2.78. The first-order valence-electron chi connectivity index (χ1n) is 7.05. The Kier molecular flexibility index (Phi) is 6.86. The standard InChI is InChI=1S/C17H24O2S/c1-5-6-12-19-16(18)17(3,4)13-14(2)20-15-10-8-7-9-11-15/h7-11,13H,5-6,12H2,1-4H3/b14-13+. The number of esters is 1. The van der Waals surface area contributed by atoms with Crippen molar-refractivity contribution in [2.24, 2.45) is 5.41 Å². The molecule has 0 aliphatic rings. The maximum absolute atomic E-state index is 12.1. The summed E-state index contributed by atoms with van der Waals surface area (Å²) in [6, 6.07) is 10.2. The number of hydrogen-bond donors (Lipinski definition) is 0. The highest BCUT2D eigenvalue weighted by atomic mass is 32.2. The van der Waals surface area contributed by atoms with E-state index in [2.05, 4.69) is 19.1 Å². The predicted octanol–water partition coefficient (Wildman–Crippen LogP) is 5.05. The second-order valence-electron chi connectivity index (χ2n) is 5.38. The van der Waals surface area contributed by atoms with Crippen molar-refractivity contribution in [2.45, 2.75) is 45.4 Å². The van der Waals surface area contributed by atoms with Gasteiger partial charge in [-0.2, -0.15) is 0 Å². The van der Waals surface area contributed by atoms with Crippen LogP contribution in [-0.4, -0.2) is 12.6 Å². The van der Waals surface area contributed by atoms with Crippen LogP contribution in [0.15, 0.2) is 46.2 Å². The first-order chi connectivity index (χ1) is 9.45. The van der Waals surface area contributed by atoms with E-state index < -0.39 is 5.41 Å². The summed E-state index contributed by atoms with van der Waals surface area (Å²) in [5, 5.41) is 0. The molecule has 0 aliphatic heterocycles. The summed E-state index contributed by atoms with van der Waals surface area (Å²) in [7, 11) is 0. The van der Waals surface area contributed by atoms with Gasteiger partial charge in [0.05, 0.1) is 12.0 Å². The van der Waals surface area contributed by atoms with Crippen molar-refractivity contribution in [3.8, 4) is 0 Å². The highest BCUT2D eigenvalue weighted by Crippen LogP contribution is 2.30. The van der Waals surface area contributed by atoms with Crippen molar-refractivity contribution in [1.29, 1.82) is 0 Å². The summed E-state index contributed by atoms with van der Waals surface area (Å²) in [6.07, 6.45) is 3.94. The first kappa shape index (κ1) is 16.8. The number of thioether (sulfide) groups is 1. The van der Waals surface area contributed by atoms with Crippen molar-refractivity contribution >= 4 is 17.7 Å². The zero-order chi connectivity index (χ0) is 15.0. The monoisotopic (exact) mass is 292 g/mol. The van der Waals surface area contributed by atoms with Crippen LogP contribution in [-0.2, 0) is 9.53 Å². The second-order valence-corrected chi connectivity index (χ2v) is 6.70. The van der Waals surface area contributed by atoms with Gasteiger partial charge in [0, 0.05) is 4.90 Å². The molecule has 0 aliphatic carbocycles. The molecule has 2 nitrogen and oxygen atoms in total. The molecule has 1 aromatic carbocycles. The number of carbonyl (C=O) groups excluding carboxylic acids is 1. The van der Waals surface area contributed by atoms with E-state index in [1.807, 2.05) is 45.0 Å². The molecule has 0 N–H and O–H groups in total. The quantitative estimate of drug-likeness (QED) is 0.399. The maximum Gasteiger partial charge on any atom is 0.315 e. The molecule has 0 amide bonds. The van der Waals surface area contributed by atoms with E-state index in [0.717, 1.165) is 17.7 Å². The molecule has 0 radical (unpaired) electrons. The third-order valence-electron chi connectivity index (χ3n) is 2.84. The average Bonchev–Trinajstić information content (AvgIpc) is 2.39. The molecular formula is C17H24O2S. The minimum absolute atomic E-state index is 0.154. The second kappa shape index (κ2) is 8.15. The Hall–Kier alpha value is -1.22. The molecular weight excluding hydrogens is 268 g/mol. The summed E-state index contributed by atoms with van der Waals surface area (Å²) < 4.78 is 5.31. The van der Waals surface area contributed by atoms with Crippen LogP contribution in [0.2, 0.25) is 0 Å². The largest absolute Gasteiger partial charge is 0.465 e. The smallest absolute Gasteiger partial charge is 0.315 e. The van der Waals surface area contributed by atoms with Gasteiger partial charge in [0.15, 0.2) is 0 Å². The Labute approximate surface area is 126 Å². The van der Waals surface area contributed by atoms with Gasteiger partial charge in [-0.25, -0.2) is 0 Å². The fourth-order valence-electron chi connectivity index (χ4n) is 1.77. The number of unbranched alkanes of at least 4 members (excludes halogenated alkanes) is 1. The Bertz CT molecular complexity index is 449. The summed E-state index contributed by atoms with van der Waals surface area (Å²) >= 11 is 1.67. The molecule has 110 valence electrons.